The van der Waals surface area contributed by atoms with Crippen molar-refractivity contribution in [2.45, 2.75) is 13.3 Å². The summed E-state index contributed by atoms with van der Waals surface area (Å²) in [6.07, 6.45) is 6.67. The normalized spacial score (nSPS) is 16.4. The molecule has 6 heteroatoms. The molecule has 1 N–H and O–H groups in total. The lowest BCUT2D eigenvalue weighted by atomic mass is 10.4. The van der Waals surface area contributed by atoms with Crippen molar-refractivity contribution < 1.29 is 4.74 Å². The molecule has 1 saturated heterocycles. The van der Waals surface area contributed by atoms with Gasteiger partial charge in [0.1, 0.15) is 4.60 Å². The van der Waals surface area contributed by atoms with E-state index in [1.165, 1.54) is 0 Å². The van der Waals surface area contributed by atoms with E-state index in [2.05, 4.69) is 32.7 Å². The maximum absolute atomic E-state index is 8.20. The van der Waals surface area contributed by atoms with E-state index in [1.807, 2.05) is 12.3 Å². The summed E-state index contributed by atoms with van der Waals surface area (Å²) < 4.78 is 7.84. The van der Waals surface area contributed by atoms with Gasteiger partial charge in [0.2, 0.25) is 0 Å². The predicted octanol–water partition coefficient (Wildman–Crippen LogP) is 1.84. The van der Waals surface area contributed by atoms with Crippen molar-refractivity contribution in [1.29, 1.82) is 5.41 Å². The SMILES string of the molecule is CC/C=C/n1cc(Br)nc(N2CCOCC2)c1=N. The van der Waals surface area contributed by atoms with Gasteiger partial charge in [-0.2, -0.15) is 0 Å². The van der Waals surface area contributed by atoms with Gasteiger partial charge < -0.3 is 14.2 Å². The molecule has 0 aliphatic carbocycles. The average Bonchev–Trinajstić information content (AvgIpc) is 2.40. The third kappa shape index (κ3) is 3.00. The van der Waals surface area contributed by atoms with Gasteiger partial charge in [0, 0.05) is 25.5 Å². The quantitative estimate of drug-likeness (QED) is 0.926. The molecule has 18 heavy (non-hydrogen) atoms. The largest absolute Gasteiger partial charge is 0.378 e. The lowest BCUT2D eigenvalue weighted by molar-refractivity contribution is 0.122. The second kappa shape index (κ2) is 6.15. The number of nitrogens with zero attached hydrogens (tertiary/aromatic N) is 3. The maximum Gasteiger partial charge on any atom is 0.173 e. The molecule has 0 bridgehead atoms. The van der Waals surface area contributed by atoms with Gasteiger partial charge >= 0.3 is 0 Å². The molecule has 1 aliphatic rings. The monoisotopic (exact) mass is 312 g/mol. The van der Waals surface area contributed by atoms with E-state index in [9.17, 15) is 0 Å². The average molecular weight is 313 g/mol. The molecule has 0 unspecified atom stereocenters. The fourth-order valence-electron chi connectivity index (χ4n) is 1.81. The van der Waals surface area contributed by atoms with E-state index >= 15 is 0 Å². The summed E-state index contributed by atoms with van der Waals surface area (Å²) in [5.41, 5.74) is 0.407. The smallest absolute Gasteiger partial charge is 0.173 e. The van der Waals surface area contributed by atoms with Crippen LogP contribution in [0.25, 0.3) is 6.20 Å². The van der Waals surface area contributed by atoms with Crippen LogP contribution in [0, 0.1) is 5.41 Å². The second-order valence-corrected chi connectivity index (χ2v) is 4.85. The minimum atomic E-state index is 0.407. The Morgan fingerprint density at radius 1 is 1.50 bits per heavy atom. The van der Waals surface area contributed by atoms with Crippen molar-refractivity contribution in [2.24, 2.45) is 0 Å². The highest BCUT2D eigenvalue weighted by molar-refractivity contribution is 9.10. The second-order valence-electron chi connectivity index (χ2n) is 4.04. The zero-order valence-corrected chi connectivity index (χ0v) is 12.0. The summed E-state index contributed by atoms with van der Waals surface area (Å²) >= 11 is 3.40. The van der Waals surface area contributed by atoms with E-state index in [0.29, 0.717) is 24.5 Å². The van der Waals surface area contributed by atoms with Crippen LogP contribution in [-0.2, 0) is 4.74 Å². The third-order valence-electron chi connectivity index (χ3n) is 2.74. The summed E-state index contributed by atoms with van der Waals surface area (Å²) in [5.74, 6) is 0.702. The number of hydrogen-bond acceptors (Lipinski definition) is 4. The number of halogens is 1. The van der Waals surface area contributed by atoms with E-state index in [1.54, 1.807) is 10.8 Å². The fourth-order valence-corrected chi connectivity index (χ4v) is 2.20. The Balaban J connectivity index is 2.37. The summed E-state index contributed by atoms with van der Waals surface area (Å²) in [6.45, 7) is 5.02. The Kier molecular flexibility index (Phi) is 4.54. The van der Waals surface area contributed by atoms with Crippen molar-refractivity contribution in [3.63, 3.8) is 0 Å². The van der Waals surface area contributed by atoms with Gasteiger partial charge in [0.05, 0.1) is 13.2 Å². The molecule has 1 aromatic rings. The van der Waals surface area contributed by atoms with Crippen molar-refractivity contribution in [3.05, 3.63) is 22.4 Å². The number of aromatic nitrogens is 2. The molecule has 0 atom stereocenters. The molecule has 0 saturated carbocycles. The molecule has 0 aromatic carbocycles. The van der Waals surface area contributed by atoms with Gasteiger partial charge in [-0.3, -0.25) is 5.41 Å². The fraction of sp³-hybridized carbons (Fsp3) is 0.500. The lowest BCUT2D eigenvalue weighted by Gasteiger charge is -2.28. The molecule has 98 valence electrons. The summed E-state index contributed by atoms with van der Waals surface area (Å²) in [7, 11) is 0. The summed E-state index contributed by atoms with van der Waals surface area (Å²) in [6, 6.07) is 0. The molecule has 1 aliphatic heterocycles. The highest BCUT2D eigenvalue weighted by Crippen LogP contribution is 2.12. The van der Waals surface area contributed by atoms with Crippen LogP contribution in [0.3, 0.4) is 0 Å². The van der Waals surface area contributed by atoms with Crippen molar-refractivity contribution in [3.8, 4) is 0 Å². The Bertz CT molecular complexity index is 491. The maximum atomic E-state index is 8.20. The molecule has 0 radical (unpaired) electrons. The molecule has 2 rings (SSSR count). The standard InChI is InChI=1S/C12H17BrN4O/c1-2-3-4-17-9-10(13)15-12(11(17)14)16-5-7-18-8-6-16/h3-4,9,14H,2,5-8H2,1H3/b4-3+,14-11?. The van der Waals surface area contributed by atoms with Gasteiger partial charge in [-0.25, -0.2) is 4.98 Å². The Morgan fingerprint density at radius 2 is 2.22 bits per heavy atom. The molecular weight excluding hydrogens is 296 g/mol. The number of rotatable bonds is 3. The topological polar surface area (TPSA) is 54.1 Å². The van der Waals surface area contributed by atoms with Gasteiger partial charge in [0.25, 0.3) is 0 Å². The first-order valence-corrected chi connectivity index (χ1v) is 6.84. The number of nitrogens with one attached hydrogen (secondary N) is 1. The highest BCUT2D eigenvalue weighted by Gasteiger charge is 2.15. The third-order valence-corrected chi connectivity index (χ3v) is 3.12. The molecule has 1 fully saturated rings. The predicted molar refractivity (Wildman–Crippen MR) is 74.4 cm³/mol. The number of ether oxygens (including phenoxy) is 1. The first-order valence-electron chi connectivity index (χ1n) is 6.05. The van der Waals surface area contributed by atoms with Gasteiger partial charge in [-0.05, 0) is 22.4 Å². The van der Waals surface area contributed by atoms with Crippen LogP contribution in [-0.4, -0.2) is 35.9 Å². The van der Waals surface area contributed by atoms with Crippen LogP contribution >= 0.6 is 15.9 Å². The minimum Gasteiger partial charge on any atom is -0.378 e. The Morgan fingerprint density at radius 3 is 2.89 bits per heavy atom. The van der Waals surface area contributed by atoms with E-state index in [4.69, 9.17) is 10.1 Å². The molecule has 2 heterocycles. The summed E-state index contributed by atoms with van der Waals surface area (Å²) in [4.78, 5) is 6.50. The minimum absolute atomic E-state index is 0.407. The van der Waals surface area contributed by atoms with Crippen LogP contribution < -0.4 is 10.4 Å². The van der Waals surface area contributed by atoms with E-state index in [-0.39, 0.29) is 0 Å². The molecular formula is C12H17BrN4O. The van der Waals surface area contributed by atoms with Crippen LogP contribution in [0.4, 0.5) is 5.82 Å². The van der Waals surface area contributed by atoms with E-state index < -0.39 is 0 Å². The molecule has 1 aromatic heterocycles. The molecule has 0 spiro atoms. The van der Waals surface area contributed by atoms with Crippen LogP contribution in [0.1, 0.15) is 13.3 Å². The van der Waals surface area contributed by atoms with E-state index in [0.717, 1.165) is 24.1 Å². The highest BCUT2D eigenvalue weighted by atomic mass is 79.9. The Hall–Kier alpha value is -1.14. The molecule has 0 amide bonds. The number of morpholine rings is 1. The number of allylic oxidation sites excluding steroid dienone is 1. The van der Waals surface area contributed by atoms with Gasteiger partial charge in [0.15, 0.2) is 11.3 Å². The first kappa shape index (κ1) is 13.3. The Labute approximate surface area is 115 Å². The van der Waals surface area contributed by atoms with Crippen molar-refractivity contribution in [1.82, 2.24) is 9.55 Å². The van der Waals surface area contributed by atoms with Crippen LogP contribution in [0.15, 0.2) is 16.9 Å². The first-order chi connectivity index (χ1) is 8.72. The number of hydrogen-bond donors (Lipinski definition) is 1. The van der Waals surface area contributed by atoms with Crippen LogP contribution in [0.5, 0.6) is 0 Å². The zero-order valence-electron chi connectivity index (χ0n) is 10.4. The lowest BCUT2D eigenvalue weighted by Crippen LogP contribution is -2.40. The van der Waals surface area contributed by atoms with Crippen LogP contribution in [0.2, 0.25) is 0 Å². The zero-order chi connectivity index (χ0) is 13.0. The summed E-state index contributed by atoms with van der Waals surface area (Å²) in [5, 5.41) is 8.20. The van der Waals surface area contributed by atoms with Crippen molar-refractivity contribution in [2.75, 3.05) is 31.2 Å². The van der Waals surface area contributed by atoms with Crippen molar-refractivity contribution >= 4 is 27.9 Å². The molecule has 5 nitrogen and oxygen atoms in total. The van der Waals surface area contributed by atoms with Gasteiger partial charge in [-0.1, -0.05) is 13.0 Å². The number of anilines is 1. The van der Waals surface area contributed by atoms with Gasteiger partial charge in [-0.15, -0.1) is 0 Å².